The maximum atomic E-state index is 12.1. The SMILES string of the molecule is CCC1CN(C(=O)CCC(C)(C)CCN)CCO1. The number of nitrogens with two attached hydrogens (primary N) is 1. The highest BCUT2D eigenvalue weighted by Gasteiger charge is 2.25. The van der Waals surface area contributed by atoms with Crippen LogP contribution in [0.25, 0.3) is 0 Å². The van der Waals surface area contributed by atoms with Crippen LogP contribution in [0.3, 0.4) is 0 Å². The lowest BCUT2D eigenvalue weighted by Gasteiger charge is -2.33. The number of nitrogens with zero attached hydrogens (tertiary/aromatic N) is 1. The summed E-state index contributed by atoms with van der Waals surface area (Å²) >= 11 is 0. The average molecular weight is 256 g/mol. The van der Waals surface area contributed by atoms with Crippen LogP contribution in [0.15, 0.2) is 0 Å². The van der Waals surface area contributed by atoms with Crippen molar-refractivity contribution >= 4 is 5.91 Å². The zero-order chi connectivity index (χ0) is 13.6. The van der Waals surface area contributed by atoms with Gasteiger partial charge in [-0.3, -0.25) is 4.79 Å². The van der Waals surface area contributed by atoms with Gasteiger partial charge in [-0.25, -0.2) is 0 Å². The highest BCUT2D eigenvalue weighted by molar-refractivity contribution is 5.76. The van der Waals surface area contributed by atoms with E-state index in [0.29, 0.717) is 19.6 Å². The molecule has 1 heterocycles. The van der Waals surface area contributed by atoms with E-state index >= 15 is 0 Å². The van der Waals surface area contributed by atoms with E-state index in [9.17, 15) is 4.79 Å². The van der Waals surface area contributed by atoms with Crippen LogP contribution in [-0.4, -0.2) is 43.2 Å². The first-order valence-corrected chi connectivity index (χ1v) is 7.08. The molecule has 2 N–H and O–H groups in total. The maximum Gasteiger partial charge on any atom is 0.222 e. The van der Waals surface area contributed by atoms with E-state index in [-0.39, 0.29) is 17.4 Å². The van der Waals surface area contributed by atoms with Crippen molar-refractivity contribution in [2.45, 2.75) is 52.6 Å². The third-order valence-corrected chi connectivity index (χ3v) is 3.78. The van der Waals surface area contributed by atoms with Crippen molar-refractivity contribution in [3.05, 3.63) is 0 Å². The minimum absolute atomic E-state index is 0.168. The summed E-state index contributed by atoms with van der Waals surface area (Å²) in [7, 11) is 0. The number of hydrogen-bond acceptors (Lipinski definition) is 3. The molecule has 0 aromatic rings. The molecule has 1 rings (SSSR count). The Labute approximate surface area is 111 Å². The molecule has 4 nitrogen and oxygen atoms in total. The lowest BCUT2D eigenvalue weighted by molar-refractivity contribution is -0.139. The van der Waals surface area contributed by atoms with Gasteiger partial charge in [0.05, 0.1) is 12.7 Å². The van der Waals surface area contributed by atoms with E-state index in [0.717, 1.165) is 32.4 Å². The van der Waals surface area contributed by atoms with Crippen LogP contribution in [0.5, 0.6) is 0 Å². The van der Waals surface area contributed by atoms with E-state index in [2.05, 4.69) is 20.8 Å². The van der Waals surface area contributed by atoms with Gasteiger partial charge in [0.15, 0.2) is 0 Å². The Balaban J connectivity index is 2.36. The Morgan fingerprint density at radius 1 is 1.44 bits per heavy atom. The topological polar surface area (TPSA) is 55.6 Å². The molecule has 0 saturated carbocycles. The largest absolute Gasteiger partial charge is 0.375 e. The zero-order valence-corrected chi connectivity index (χ0v) is 12.1. The van der Waals surface area contributed by atoms with Gasteiger partial charge in [-0.2, -0.15) is 0 Å². The van der Waals surface area contributed by atoms with Crippen LogP contribution in [0, 0.1) is 5.41 Å². The monoisotopic (exact) mass is 256 g/mol. The minimum Gasteiger partial charge on any atom is -0.375 e. The standard InChI is InChI=1S/C14H28N2O2/c1-4-12-11-16(9-10-18-12)13(17)5-6-14(2,3)7-8-15/h12H,4-11,15H2,1-3H3. The molecule has 0 radical (unpaired) electrons. The molecule has 0 aromatic carbocycles. The Morgan fingerprint density at radius 3 is 2.78 bits per heavy atom. The second-order valence-corrected chi connectivity index (χ2v) is 5.94. The summed E-state index contributed by atoms with van der Waals surface area (Å²) in [6.45, 7) is 9.33. The zero-order valence-electron chi connectivity index (χ0n) is 12.1. The van der Waals surface area contributed by atoms with E-state index in [4.69, 9.17) is 10.5 Å². The van der Waals surface area contributed by atoms with Crippen molar-refractivity contribution in [1.82, 2.24) is 4.90 Å². The molecule has 1 aliphatic rings. The van der Waals surface area contributed by atoms with Gasteiger partial charge >= 0.3 is 0 Å². The first kappa shape index (κ1) is 15.4. The molecule has 0 aromatic heterocycles. The fraction of sp³-hybridized carbons (Fsp3) is 0.929. The quantitative estimate of drug-likeness (QED) is 0.788. The molecular weight excluding hydrogens is 228 g/mol. The molecule has 1 unspecified atom stereocenters. The molecule has 1 atom stereocenters. The van der Waals surface area contributed by atoms with Gasteiger partial charge in [0.1, 0.15) is 0 Å². The van der Waals surface area contributed by atoms with Crippen LogP contribution < -0.4 is 5.73 Å². The molecule has 1 aliphatic heterocycles. The first-order chi connectivity index (χ1) is 8.48. The van der Waals surface area contributed by atoms with Gasteiger partial charge in [0, 0.05) is 19.5 Å². The van der Waals surface area contributed by atoms with Gasteiger partial charge < -0.3 is 15.4 Å². The fourth-order valence-electron chi connectivity index (χ4n) is 2.31. The summed E-state index contributed by atoms with van der Waals surface area (Å²) in [6.07, 6.45) is 3.71. The molecule has 18 heavy (non-hydrogen) atoms. The third kappa shape index (κ3) is 4.94. The predicted octanol–water partition coefficient (Wildman–Crippen LogP) is 1.78. The van der Waals surface area contributed by atoms with Crippen LogP contribution >= 0.6 is 0 Å². The number of rotatable bonds is 6. The average Bonchev–Trinajstić information content (AvgIpc) is 2.36. The van der Waals surface area contributed by atoms with Crippen LogP contribution in [-0.2, 0) is 9.53 Å². The van der Waals surface area contributed by atoms with Crippen LogP contribution in [0.1, 0.15) is 46.5 Å². The highest BCUT2D eigenvalue weighted by atomic mass is 16.5. The number of hydrogen-bond donors (Lipinski definition) is 1. The lowest BCUT2D eigenvalue weighted by Crippen LogP contribution is -2.45. The third-order valence-electron chi connectivity index (χ3n) is 3.78. The molecule has 0 aliphatic carbocycles. The van der Waals surface area contributed by atoms with Crippen molar-refractivity contribution in [2.75, 3.05) is 26.2 Å². The van der Waals surface area contributed by atoms with Crippen molar-refractivity contribution in [3.8, 4) is 0 Å². The highest BCUT2D eigenvalue weighted by Crippen LogP contribution is 2.26. The lowest BCUT2D eigenvalue weighted by atomic mass is 9.84. The summed E-state index contributed by atoms with van der Waals surface area (Å²) in [5.41, 5.74) is 5.76. The van der Waals surface area contributed by atoms with E-state index in [1.54, 1.807) is 0 Å². The maximum absolute atomic E-state index is 12.1. The summed E-state index contributed by atoms with van der Waals surface area (Å²) in [6, 6.07) is 0. The molecule has 106 valence electrons. The number of ether oxygens (including phenoxy) is 1. The van der Waals surface area contributed by atoms with Crippen molar-refractivity contribution in [2.24, 2.45) is 11.1 Å². The molecule has 4 heteroatoms. The van der Waals surface area contributed by atoms with Crippen LogP contribution in [0.2, 0.25) is 0 Å². The van der Waals surface area contributed by atoms with E-state index < -0.39 is 0 Å². The summed E-state index contributed by atoms with van der Waals surface area (Å²) in [5, 5.41) is 0. The Hall–Kier alpha value is -0.610. The molecule has 1 saturated heterocycles. The number of morpholine rings is 1. The van der Waals surface area contributed by atoms with Crippen molar-refractivity contribution in [1.29, 1.82) is 0 Å². The number of amides is 1. The summed E-state index contributed by atoms with van der Waals surface area (Å²) in [4.78, 5) is 14.1. The Morgan fingerprint density at radius 2 is 2.17 bits per heavy atom. The number of carbonyl (C=O) groups excluding carboxylic acids is 1. The van der Waals surface area contributed by atoms with Gasteiger partial charge in [-0.15, -0.1) is 0 Å². The molecule has 1 amide bonds. The predicted molar refractivity (Wildman–Crippen MR) is 73.3 cm³/mol. The van der Waals surface area contributed by atoms with E-state index in [1.807, 2.05) is 4.90 Å². The second-order valence-electron chi connectivity index (χ2n) is 5.94. The molecule has 0 spiro atoms. The van der Waals surface area contributed by atoms with Gasteiger partial charge in [0.25, 0.3) is 0 Å². The summed E-state index contributed by atoms with van der Waals surface area (Å²) < 4.78 is 5.58. The fourth-order valence-corrected chi connectivity index (χ4v) is 2.31. The summed E-state index contributed by atoms with van der Waals surface area (Å²) in [5.74, 6) is 0.266. The van der Waals surface area contributed by atoms with Crippen molar-refractivity contribution in [3.63, 3.8) is 0 Å². The molecule has 0 bridgehead atoms. The minimum atomic E-state index is 0.168. The molecule has 1 fully saturated rings. The smallest absolute Gasteiger partial charge is 0.222 e. The van der Waals surface area contributed by atoms with Gasteiger partial charge in [-0.1, -0.05) is 20.8 Å². The van der Waals surface area contributed by atoms with Gasteiger partial charge in [0.2, 0.25) is 5.91 Å². The number of carbonyl (C=O) groups is 1. The van der Waals surface area contributed by atoms with Gasteiger partial charge in [-0.05, 0) is 31.2 Å². The normalized spacial score (nSPS) is 21.1. The van der Waals surface area contributed by atoms with E-state index in [1.165, 1.54) is 0 Å². The second kappa shape index (κ2) is 7.10. The van der Waals surface area contributed by atoms with Crippen molar-refractivity contribution < 1.29 is 9.53 Å². The molecular formula is C14H28N2O2. The Kier molecular flexibility index (Phi) is 6.09. The van der Waals surface area contributed by atoms with Crippen LogP contribution in [0.4, 0.5) is 0 Å². The Bertz CT molecular complexity index is 267. The first-order valence-electron chi connectivity index (χ1n) is 7.08.